The number of para-hydroxylation sites is 1. The fourth-order valence-corrected chi connectivity index (χ4v) is 5.13. The van der Waals surface area contributed by atoms with Crippen LogP contribution in [0.2, 0.25) is 0 Å². The Hall–Kier alpha value is -3.86. The Morgan fingerprint density at radius 3 is 2.29 bits per heavy atom. The van der Waals surface area contributed by atoms with Crippen LogP contribution in [0.5, 0.6) is 0 Å². The van der Waals surface area contributed by atoms with Gasteiger partial charge in [0.25, 0.3) is 5.91 Å². The second kappa shape index (κ2) is 8.49. The molecule has 5 heteroatoms. The lowest BCUT2D eigenvalue weighted by Gasteiger charge is -2.39. The fourth-order valence-electron chi connectivity index (χ4n) is 5.13. The number of likely N-dealkylation sites (N-methyl/N-ethyl adjacent to an activating group) is 1. The van der Waals surface area contributed by atoms with Gasteiger partial charge in [0, 0.05) is 48.0 Å². The highest BCUT2D eigenvalue weighted by Gasteiger charge is 2.43. The normalized spacial score (nSPS) is 17.8. The number of amides is 2. The Bertz CT molecular complexity index is 1380. The minimum Gasteiger partial charge on any atom is -0.350 e. The maximum absolute atomic E-state index is 13.9. The third-order valence-corrected chi connectivity index (χ3v) is 6.95. The summed E-state index contributed by atoms with van der Waals surface area (Å²) in [5.74, 6) is -0.319. The van der Waals surface area contributed by atoms with Crippen molar-refractivity contribution in [3.63, 3.8) is 0 Å². The number of hydrogen-bond acceptors (Lipinski definition) is 2. The Balaban J connectivity index is 1.62. The molecular weight excluding hydrogens is 422 g/mol. The molecule has 2 heterocycles. The molecule has 0 radical (unpaired) electrons. The van der Waals surface area contributed by atoms with E-state index >= 15 is 0 Å². The first kappa shape index (κ1) is 22.0. The second-order valence-corrected chi connectivity index (χ2v) is 9.40. The zero-order valence-corrected chi connectivity index (χ0v) is 19.9. The van der Waals surface area contributed by atoms with Gasteiger partial charge in [0.2, 0.25) is 5.91 Å². The zero-order valence-electron chi connectivity index (χ0n) is 19.9. The maximum atomic E-state index is 13.9. The summed E-state index contributed by atoms with van der Waals surface area (Å²) in [6, 6.07) is 23.1. The monoisotopic (exact) mass is 451 g/mol. The molecule has 0 fully saturated rings. The van der Waals surface area contributed by atoms with Crippen LogP contribution in [-0.4, -0.2) is 28.3 Å². The molecule has 0 unspecified atom stereocenters. The largest absolute Gasteiger partial charge is 0.350 e. The number of fused-ring (bicyclic) bond motifs is 2. The van der Waals surface area contributed by atoms with E-state index in [0.717, 1.165) is 27.7 Å². The van der Waals surface area contributed by atoms with E-state index in [2.05, 4.69) is 35.9 Å². The third kappa shape index (κ3) is 3.58. The van der Waals surface area contributed by atoms with E-state index in [-0.39, 0.29) is 11.8 Å². The fraction of sp³-hybridized carbons (Fsp3) is 0.241. The first-order valence-electron chi connectivity index (χ1n) is 11.7. The van der Waals surface area contributed by atoms with Gasteiger partial charge in [-0.2, -0.15) is 0 Å². The number of hydrogen-bond donors (Lipinski definition) is 1. The smallest absolute Gasteiger partial charge is 0.254 e. The molecule has 1 aliphatic heterocycles. The second-order valence-electron chi connectivity index (χ2n) is 9.40. The van der Waals surface area contributed by atoms with Crippen LogP contribution in [0.4, 0.5) is 5.69 Å². The SMILES string of the molecule is CC(C)c1ccc(NC(=O)[C@@H]2c3ccccc3C(=O)N(C)[C@@H]2c2cn(C)c3ccccc23)cc1. The van der Waals surface area contributed by atoms with Gasteiger partial charge in [0.15, 0.2) is 0 Å². The summed E-state index contributed by atoms with van der Waals surface area (Å²) in [5, 5.41) is 4.17. The lowest BCUT2D eigenvalue weighted by molar-refractivity contribution is -0.119. The molecule has 2 amide bonds. The molecule has 0 bridgehead atoms. The van der Waals surface area contributed by atoms with Gasteiger partial charge < -0.3 is 14.8 Å². The number of benzene rings is 3. The molecule has 2 atom stereocenters. The number of aryl methyl sites for hydroxylation is 1. The number of nitrogens with zero attached hydrogens (tertiary/aromatic N) is 2. The van der Waals surface area contributed by atoms with Crippen molar-refractivity contribution < 1.29 is 9.59 Å². The van der Waals surface area contributed by atoms with Gasteiger partial charge >= 0.3 is 0 Å². The van der Waals surface area contributed by atoms with Crippen molar-refractivity contribution in [3.05, 3.63) is 101 Å². The summed E-state index contributed by atoms with van der Waals surface area (Å²) >= 11 is 0. The summed E-state index contributed by atoms with van der Waals surface area (Å²) in [5.41, 5.74) is 5.36. The van der Waals surface area contributed by atoms with Gasteiger partial charge in [-0.1, -0.05) is 62.4 Å². The van der Waals surface area contributed by atoms with E-state index in [4.69, 9.17) is 0 Å². The van der Waals surface area contributed by atoms with Gasteiger partial charge in [-0.15, -0.1) is 0 Å². The predicted molar refractivity (Wildman–Crippen MR) is 136 cm³/mol. The summed E-state index contributed by atoms with van der Waals surface area (Å²) in [4.78, 5) is 28.9. The number of aromatic nitrogens is 1. The molecule has 5 nitrogen and oxygen atoms in total. The van der Waals surface area contributed by atoms with E-state index in [0.29, 0.717) is 11.5 Å². The average Bonchev–Trinajstić information content (AvgIpc) is 3.17. The van der Waals surface area contributed by atoms with Crippen LogP contribution in [0.1, 0.15) is 58.8 Å². The van der Waals surface area contributed by atoms with E-state index in [1.165, 1.54) is 5.56 Å². The zero-order chi connectivity index (χ0) is 24.0. The molecule has 3 aromatic carbocycles. The Kier molecular flexibility index (Phi) is 5.48. The van der Waals surface area contributed by atoms with E-state index in [1.54, 1.807) is 11.9 Å². The summed E-state index contributed by atoms with van der Waals surface area (Å²) in [7, 11) is 3.79. The van der Waals surface area contributed by atoms with Crippen LogP contribution in [-0.2, 0) is 11.8 Å². The summed E-state index contributed by atoms with van der Waals surface area (Å²) < 4.78 is 2.06. The first-order valence-corrected chi connectivity index (χ1v) is 11.7. The van der Waals surface area contributed by atoms with Crippen molar-refractivity contribution >= 4 is 28.4 Å². The highest BCUT2D eigenvalue weighted by molar-refractivity contribution is 6.05. The van der Waals surface area contributed by atoms with Crippen LogP contribution < -0.4 is 5.32 Å². The van der Waals surface area contributed by atoms with Crippen LogP contribution in [0.25, 0.3) is 10.9 Å². The molecule has 34 heavy (non-hydrogen) atoms. The highest BCUT2D eigenvalue weighted by Crippen LogP contribution is 2.44. The van der Waals surface area contributed by atoms with Gasteiger partial charge in [-0.25, -0.2) is 0 Å². The van der Waals surface area contributed by atoms with E-state index in [1.807, 2.05) is 73.9 Å². The minimum atomic E-state index is -0.547. The van der Waals surface area contributed by atoms with Gasteiger partial charge in [0.05, 0.1) is 12.0 Å². The molecule has 4 aromatic rings. The molecule has 0 saturated carbocycles. The highest BCUT2D eigenvalue weighted by atomic mass is 16.2. The number of carbonyl (C=O) groups excluding carboxylic acids is 2. The van der Waals surface area contributed by atoms with Crippen LogP contribution in [0.3, 0.4) is 0 Å². The van der Waals surface area contributed by atoms with Crippen molar-refractivity contribution in [2.45, 2.75) is 31.7 Å². The molecule has 1 aromatic heterocycles. The summed E-state index contributed by atoms with van der Waals surface area (Å²) in [6.07, 6.45) is 2.05. The van der Waals surface area contributed by atoms with Gasteiger partial charge in [-0.3, -0.25) is 9.59 Å². The third-order valence-electron chi connectivity index (χ3n) is 6.95. The van der Waals surface area contributed by atoms with Crippen molar-refractivity contribution in [1.82, 2.24) is 9.47 Å². The molecular formula is C29H29N3O2. The van der Waals surface area contributed by atoms with Crippen molar-refractivity contribution in [3.8, 4) is 0 Å². The van der Waals surface area contributed by atoms with Crippen molar-refractivity contribution in [2.75, 3.05) is 12.4 Å². The maximum Gasteiger partial charge on any atom is 0.254 e. The van der Waals surface area contributed by atoms with Crippen LogP contribution in [0.15, 0.2) is 79.0 Å². The molecule has 1 N–H and O–H groups in total. The number of carbonyl (C=O) groups is 2. The number of anilines is 1. The topological polar surface area (TPSA) is 54.3 Å². The average molecular weight is 452 g/mol. The van der Waals surface area contributed by atoms with Crippen molar-refractivity contribution in [1.29, 1.82) is 0 Å². The molecule has 0 saturated heterocycles. The molecule has 1 aliphatic rings. The van der Waals surface area contributed by atoms with Gasteiger partial charge in [0.1, 0.15) is 0 Å². The molecule has 0 aliphatic carbocycles. The van der Waals surface area contributed by atoms with Gasteiger partial charge in [-0.05, 0) is 41.3 Å². The number of rotatable bonds is 4. The lowest BCUT2D eigenvalue weighted by Crippen LogP contribution is -2.44. The minimum absolute atomic E-state index is 0.0705. The van der Waals surface area contributed by atoms with E-state index < -0.39 is 12.0 Å². The Morgan fingerprint density at radius 1 is 0.882 bits per heavy atom. The first-order chi connectivity index (χ1) is 16.4. The van der Waals surface area contributed by atoms with E-state index in [9.17, 15) is 9.59 Å². The van der Waals surface area contributed by atoms with Crippen molar-refractivity contribution in [2.24, 2.45) is 7.05 Å². The standard InChI is InChI=1S/C29H29N3O2/c1-18(2)19-13-15-20(16-14-19)30-28(33)26-22-10-5-6-11-23(22)29(34)32(4)27(26)24-17-31(3)25-12-8-7-9-21(24)25/h5-18,26-27H,1-4H3,(H,30,33)/t26-,27-/m1/s1. The molecule has 172 valence electrons. The quantitative estimate of drug-likeness (QED) is 0.423. The summed E-state index contributed by atoms with van der Waals surface area (Å²) in [6.45, 7) is 4.29. The Morgan fingerprint density at radius 2 is 1.56 bits per heavy atom. The predicted octanol–water partition coefficient (Wildman–Crippen LogP) is 5.85. The lowest BCUT2D eigenvalue weighted by atomic mass is 9.79. The van der Waals surface area contributed by atoms with Crippen LogP contribution >= 0.6 is 0 Å². The Labute approximate surface area is 200 Å². The van der Waals surface area contributed by atoms with Crippen LogP contribution in [0, 0.1) is 0 Å². The molecule has 5 rings (SSSR count). The number of nitrogens with one attached hydrogen (secondary N) is 1. The molecule has 0 spiro atoms.